The summed E-state index contributed by atoms with van der Waals surface area (Å²) in [4.78, 5) is 27.7. The first-order chi connectivity index (χ1) is 12.0. The topological polar surface area (TPSA) is 66.6 Å². The summed E-state index contributed by atoms with van der Waals surface area (Å²) in [5.74, 6) is -0.622. The van der Waals surface area contributed by atoms with Crippen LogP contribution in [0.2, 0.25) is 0 Å². The van der Waals surface area contributed by atoms with Crippen molar-refractivity contribution in [2.45, 2.75) is 45.7 Å². The van der Waals surface area contributed by atoms with Crippen molar-refractivity contribution in [1.29, 1.82) is 0 Å². The molecule has 1 heterocycles. The van der Waals surface area contributed by atoms with E-state index >= 15 is 0 Å². The number of amides is 2. The molecular formula is C20H30N3O2. The minimum atomic E-state index is -0.359. The second kappa shape index (κ2) is 9.56. The van der Waals surface area contributed by atoms with Gasteiger partial charge in [-0.15, -0.1) is 0 Å². The van der Waals surface area contributed by atoms with Crippen LogP contribution in [-0.2, 0) is 16.1 Å². The Morgan fingerprint density at radius 2 is 1.92 bits per heavy atom. The first-order valence-corrected chi connectivity index (χ1v) is 9.20. The van der Waals surface area contributed by atoms with E-state index in [0.29, 0.717) is 12.5 Å². The van der Waals surface area contributed by atoms with E-state index in [4.69, 9.17) is 5.73 Å². The van der Waals surface area contributed by atoms with E-state index in [1.54, 1.807) is 13.3 Å². The molecule has 0 spiro atoms. The van der Waals surface area contributed by atoms with Crippen LogP contribution >= 0.6 is 0 Å². The van der Waals surface area contributed by atoms with Gasteiger partial charge in [0.2, 0.25) is 11.8 Å². The lowest BCUT2D eigenvalue weighted by Crippen LogP contribution is -2.46. The molecule has 1 atom stereocenters. The molecule has 0 saturated carbocycles. The van der Waals surface area contributed by atoms with Crippen LogP contribution in [0, 0.1) is 12.3 Å². The van der Waals surface area contributed by atoms with Gasteiger partial charge < -0.3 is 10.6 Å². The highest BCUT2D eigenvalue weighted by Crippen LogP contribution is 2.20. The van der Waals surface area contributed by atoms with E-state index < -0.39 is 0 Å². The number of likely N-dealkylation sites (tertiary alicyclic amines) is 1. The second-order valence-corrected chi connectivity index (χ2v) is 6.85. The Morgan fingerprint density at radius 1 is 1.28 bits per heavy atom. The first-order valence-electron chi connectivity index (χ1n) is 9.20. The van der Waals surface area contributed by atoms with E-state index in [9.17, 15) is 9.59 Å². The number of carbonyl (C=O) groups excluding carboxylic acids is 2. The molecule has 1 aromatic rings. The number of hydrogen-bond donors (Lipinski definition) is 1. The van der Waals surface area contributed by atoms with Crippen LogP contribution in [-0.4, -0.2) is 47.3 Å². The smallest absolute Gasteiger partial charge is 0.226 e. The maximum atomic E-state index is 12.3. The Morgan fingerprint density at radius 3 is 2.48 bits per heavy atom. The molecule has 2 N–H and O–H groups in total. The molecule has 2 amide bonds. The van der Waals surface area contributed by atoms with Crippen LogP contribution in [0.4, 0.5) is 0 Å². The van der Waals surface area contributed by atoms with Crippen LogP contribution in [0.25, 0.3) is 0 Å². The van der Waals surface area contributed by atoms with E-state index in [2.05, 4.69) is 36.1 Å². The second-order valence-electron chi connectivity index (χ2n) is 6.85. The fourth-order valence-electron chi connectivity index (χ4n) is 3.29. The molecular weight excluding hydrogens is 314 g/mol. The molecule has 25 heavy (non-hydrogen) atoms. The van der Waals surface area contributed by atoms with Crippen molar-refractivity contribution in [3.8, 4) is 0 Å². The Hall–Kier alpha value is -1.88. The van der Waals surface area contributed by atoms with Gasteiger partial charge in [-0.3, -0.25) is 14.5 Å². The zero-order valence-electron chi connectivity index (χ0n) is 15.4. The molecule has 2 rings (SSSR count). The summed E-state index contributed by atoms with van der Waals surface area (Å²) in [7, 11) is 0. The quantitative estimate of drug-likeness (QED) is 0.786. The normalized spacial score (nSPS) is 16.8. The molecule has 1 aromatic carbocycles. The van der Waals surface area contributed by atoms with Crippen molar-refractivity contribution in [1.82, 2.24) is 9.80 Å². The molecule has 1 aliphatic rings. The van der Waals surface area contributed by atoms with E-state index in [0.717, 1.165) is 39.0 Å². The van der Waals surface area contributed by atoms with Crippen LogP contribution in [0.5, 0.6) is 0 Å². The lowest BCUT2D eigenvalue weighted by molar-refractivity contribution is -0.129. The summed E-state index contributed by atoms with van der Waals surface area (Å²) in [5.41, 5.74) is 6.57. The molecule has 0 unspecified atom stereocenters. The maximum absolute atomic E-state index is 12.3. The van der Waals surface area contributed by atoms with Gasteiger partial charge in [0, 0.05) is 31.6 Å². The molecule has 137 valence electrons. The molecule has 1 radical (unpaired) electrons. The third-order valence-electron chi connectivity index (χ3n) is 5.06. The third-order valence-corrected chi connectivity index (χ3v) is 5.06. The summed E-state index contributed by atoms with van der Waals surface area (Å²) in [5, 5.41) is 0. The fourth-order valence-corrected chi connectivity index (χ4v) is 3.29. The van der Waals surface area contributed by atoms with E-state index in [1.165, 1.54) is 5.56 Å². The number of nitrogens with zero attached hydrogens (tertiary/aromatic N) is 2. The summed E-state index contributed by atoms with van der Waals surface area (Å²) in [6, 6.07) is 11.0. The van der Waals surface area contributed by atoms with E-state index in [1.807, 2.05) is 11.0 Å². The Kier molecular flexibility index (Phi) is 7.44. The molecule has 1 aliphatic heterocycles. The summed E-state index contributed by atoms with van der Waals surface area (Å²) < 4.78 is 0. The highest BCUT2D eigenvalue weighted by atomic mass is 16.2. The molecule has 0 aromatic heterocycles. The molecule has 1 fully saturated rings. The van der Waals surface area contributed by atoms with Crippen molar-refractivity contribution in [3.05, 3.63) is 42.3 Å². The number of nitrogens with two attached hydrogens (primary N) is 1. The monoisotopic (exact) mass is 344 g/mol. The highest BCUT2D eigenvalue weighted by Gasteiger charge is 2.26. The van der Waals surface area contributed by atoms with Gasteiger partial charge in [0.05, 0.1) is 6.42 Å². The summed E-state index contributed by atoms with van der Waals surface area (Å²) >= 11 is 0. The molecule has 0 aliphatic carbocycles. The average Bonchev–Trinajstić information content (AvgIpc) is 2.64. The molecule has 1 saturated heterocycles. The Balaban J connectivity index is 1.79. The minimum Gasteiger partial charge on any atom is -0.369 e. The van der Waals surface area contributed by atoms with Crippen LogP contribution in [0.1, 0.15) is 38.7 Å². The SMILES string of the molecule is CCN(Cc1ccccc1)C1CCN(C(=O)[CH]C[C@H](C)C(N)=O)CC1. The number of hydrogen-bond acceptors (Lipinski definition) is 3. The van der Waals surface area contributed by atoms with Gasteiger partial charge >= 0.3 is 0 Å². The average molecular weight is 344 g/mol. The van der Waals surface area contributed by atoms with Gasteiger partial charge in [-0.05, 0) is 31.4 Å². The minimum absolute atomic E-state index is 0.0256. The first kappa shape index (κ1) is 19.4. The molecule has 0 bridgehead atoms. The van der Waals surface area contributed by atoms with E-state index in [-0.39, 0.29) is 17.7 Å². The number of rotatable bonds is 8. The van der Waals surface area contributed by atoms with Gasteiger partial charge in [-0.1, -0.05) is 44.2 Å². The number of primary amides is 1. The zero-order chi connectivity index (χ0) is 18.2. The lowest BCUT2D eigenvalue weighted by Gasteiger charge is -2.38. The standard InChI is InChI=1S/C20H30N3O2/c1-3-22(15-17-7-5-4-6-8-17)18-11-13-23(14-12-18)19(24)10-9-16(2)20(21)25/h4-8,10,16,18H,3,9,11-15H2,1-2H3,(H2,21,25)/t16-/m0/s1. The molecule has 5 heteroatoms. The van der Waals surface area contributed by atoms with Crippen molar-refractivity contribution in [2.24, 2.45) is 11.7 Å². The van der Waals surface area contributed by atoms with Crippen molar-refractivity contribution in [3.63, 3.8) is 0 Å². The lowest BCUT2D eigenvalue weighted by atomic mass is 10.0. The van der Waals surface area contributed by atoms with Crippen LogP contribution in [0.3, 0.4) is 0 Å². The van der Waals surface area contributed by atoms with Crippen molar-refractivity contribution in [2.75, 3.05) is 19.6 Å². The Labute approximate surface area is 151 Å². The van der Waals surface area contributed by atoms with Crippen molar-refractivity contribution >= 4 is 11.8 Å². The van der Waals surface area contributed by atoms with Gasteiger partial charge in [0.1, 0.15) is 0 Å². The van der Waals surface area contributed by atoms with Crippen LogP contribution < -0.4 is 5.73 Å². The summed E-state index contributed by atoms with van der Waals surface area (Å²) in [6.07, 6.45) is 4.01. The Bertz CT molecular complexity index is 553. The zero-order valence-corrected chi connectivity index (χ0v) is 15.4. The van der Waals surface area contributed by atoms with Crippen molar-refractivity contribution < 1.29 is 9.59 Å². The number of benzene rings is 1. The largest absolute Gasteiger partial charge is 0.369 e. The third kappa shape index (κ3) is 5.85. The number of piperidine rings is 1. The van der Waals surface area contributed by atoms with Gasteiger partial charge in [-0.2, -0.15) is 0 Å². The van der Waals surface area contributed by atoms with Gasteiger partial charge in [-0.25, -0.2) is 0 Å². The summed E-state index contributed by atoms with van der Waals surface area (Å²) in [6.45, 7) is 7.46. The molecule has 5 nitrogen and oxygen atoms in total. The van der Waals surface area contributed by atoms with Gasteiger partial charge in [0.25, 0.3) is 0 Å². The maximum Gasteiger partial charge on any atom is 0.226 e. The number of carbonyl (C=O) groups is 2. The fraction of sp³-hybridized carbons (Fsp3) is 0.550. The predicted molar refractivity (Wildman–Crippen MR) is 99.4 cm³/mol. The van der Waals surface area contributed by atoms with Gasteiger partial charge in [0.15, 0.2) is 0 Å². The predicted octanol–water partition coefficient (Wildman–Crippen LogP) is 2.22. The van der Waals surface area contributed by atoms with Crippen LogP contribution in [0.15, 0.2) is 30.3 Å². The highest BCUT2D eigenvalue weighted by molar-refractivity contribution is 5.86.